The van der Waals surface area contributed by atoms with E-state index < -0.39 is 0 Å². The van der Waals surface area contributed by atoms with Gasteiger partial charge in [-0.25, -0.2) is 4.79 Å². The van der Waals surface area contributed by atoms with E-state index in [2.05, 4.69) is 26.6 Å². The highest BCUT2D eigenvalue weighted by molar-refractivity contribution is 5.74. The van der Waals surface area contributed by atoms with Crippen molar-refractivity contribution in [3.63, 3.8) is 0 Å². The molecule has 0 radical (unpaired) electrons. The summed E-state index contributed by atoms with van der Waals surface area (Å²) in [4.78, 5) is 19.0. The highest BCUT2D eigenvalue weighted by Gasteiger charge is 2.39. The fourth-order valence-corrected chi connectivity index (χ4v) is 5.04. The summed E-state index contributed by atoms with van der Waals surface area (Å²) in [5.74, 6) is 2.55. The number of aromatic nitrogens is 1. The Bertz CT molecular complexity index is 570. The molecule has 25 heavy (non-hydrogen) atoms. The summed E-state index contributed by atoms with van der Waals surface area (Å²) >= 11 is 0. The number of rotatable bonds is 5. The molecule has 0 spiro atoms. The van der Waals surface area contributed by atoms with E-state index in [1.165, 1.54) is 25.7 Å². The Kier molecular flexibility index (Phi) is 5.20. The van der Waals surface area contributed by atoms with Crippen molar-refractivity contribution in [3.05, 3.63) is 30.1 Å². The Morgan fingerprint density at radius 3 is 2.72 bits per heavy atom. The maximum atomic E-state index is 12.2. The molecule has 2 bridgehead atoms. The van der Waals surface area contributed by atoms with E-state index in [-0.39, 0.29) is 6.03 Å². The molecule has 3 aliphatic rings. The van der Waals surface area contributed by atoms with Crippen LogP contribution in [0.2, 0.25) is 0 Å². The Hall–Kier alpha value is -1.62. The molecular weight excluding hydrogens is 312 g/mol. The molecule has 0 unspecified atom stereocenters. The Labute approximate surface area is 150 Å². The molecule has 3 fully saturated rings. The second-order valence-corrected chi connectivity index (χ2v) is 8.16. The maximum Gasteiger partial charge on any atom is 0.315 e. The normalized spacial score (nSPS) is 29.7. The first kappa shape index (κ1) is 16.8. The molecule has 4 rings (SSSR count). The van der Waals surface area contributed by atoms with Crippen molar-refractivity contribution in [2.45, 2.75) is 51.1 Å². The molecule has 2 saturated carbocycles. The van der Waals surface area contributed by atoms with Crippen molar-refractivity contribution in [2.24, 2.45) is 17.8 Å². The van der Waals surface area contributed by atoms with E-state index in [9.17, 15) is 4.79 Å². The fraction of sp³-hybridized carbons (Fsp3) is 0.700. The van der Waals surface area contributed by atoms with Crippen LogP contribution in [-0.4, -0.2) is 41.6 Å². The summed E-state index contributed by atoms with van der Waals surface area (Å²) in [5.41, 5.74) is 1.12. The van der Waals surface area contributed by atoms with Crippen molar-refractivity contribution in [1.82, 2.24) is 20.5 Å². The molecule has 5 heteroatoms. The lowest BCUT2D eigenvalue weighted by Gasteiger charge is -2.32. The highest BCUT2D eigenvalue weighted by Crippen LogP contribution is 2.47. The van der Waals surface area contributed by atoms with Crippen LogP contribution in [0.25, 0.3) is 0 Å². The van der Waals surface area contributed by atoms with Gasteiger partial charge in [-0.15, -0.1) is 0 Å². The molecule has 1 saturated heterocycles. The number of hydrogen-bond acceptors (Lipinski definition) is 3. The quantitative estimate of drug-likeness (QED) is 0.865. The average Bonchev–Trinajstić information content (AvgIpc) is 3.26. The van der Waals surface area contributed by atoms with Gasteiger partial charge in [-0.05, 0) is 62.0 Å². The number of piperidine rings is 1. The van der Waals surface area contributed by atoms with Crippen LogP contribution in [-0.2, 0) is 6.54 Å². The predicted octanol–water partition coefficient (Wildman–Crippen LogP) is 2.78. The summed E-state index contributed by atoms with van der Waals surface area (Å²) in [6.45, 7) is 3.82. The van der Waals surface area contributed by atoms with Gasteiger partial charge in [0.05, 0.1) is 5.69 Å². The van der Waals surface area contributed by atoms with Crippen LogP contribution < -0.4 is 10.6 Å². The van der Waals surface area contributed by atoms with Crippen LogP contribution in [0.15, 0.2) is 24.4 Å². The maximum absolute atomic E-state index is 12.2. The van der Waals surface area contributed by atoms with Gasteiger partial charge >= 0.3 is 6.03 Å². The molecular formula is C20H30N4O. The first-order valence-electron chi connectivity index (χ1n) is 9.93. The molecule has 2 aliphatic carbocycles. The first-order chi connectivity index (χ1) is 12.3. The molecule has 1 aromatic heterocycles. The van der Waals surface area contributed by atoms with E-state index in [4.69, 9.17) is 0 Å². The van der Waals surface area contributed by atoms with Crippen LogP contribution in [0.1, 0.15) is 44.2 Å². The molecule has 2 N–H and O–H groups in total. The summed E-state index contributed by atoms with van der Waals surface area (Å²) in [7, 11) is 0. The fourth-order valence-electron chi connectivity index (χ4n) is 5.04. The average molecular weight is 342 g/mol. The van der Waals surface area contributed by atoms with Crippen LogP contribution in [0.5, 0.6) is 0 Å². The molecule has 0 aromatic carbocycles. The number of carbonyl (C=O) groups excluding carboxylic acids is 1. The molecule has 2 heterocycles. The van der Waals surface area contributed by atoms with E-state index in [0.29, 0.717) is 6.04 Å². The molecule has 1 aliphatic heterocycles. The van der Waals surface area contributed by atoms with Crippen LogP contribution >= 0.6 is 0 Å². The number of nitrogens with zero attached hydrogens (tertiary/aromatic N) is 2. The van der Waals surface area contributed by atoms with Crippen LogP contribution in [0.4, 0.5) is 4.79 Å². The Balaban J connectivity index is 1.14. The molecule has 5 nitrogen and oxygen atoms in total. The number of hydrogen-bond donors (Lipinski definition) is 2. The van der Waals surface area contributed by atoms with E-state index in [0.717, 1.165) is 62.5 Å². The lowest BCUT2D eigenvalue weighted by molar-refractivity contribution is 0.184. The number of likely N-dealkylation sites (tertiary alicyclic amines) is 1. The van der Waals surface area contributed by atoms with Gasteiger partial charge in [0.25, 0.3) is 0 Å². The first-order valence-corrected chi connectivity index (χ1v) is 9.93. The monoisotopic (exact) mass is 342 g/mol. The van der Waals surface area contributed by atoms with Crippen molar-refractivity contribution in [3.8, 4) is 0 Å². The molecule has 3 atom stereocenters. The zero-order chi connectivity index (χ0) is 17.1. The summed E-state index contributed by atoms with van der Waals surface area (Å²) in [6, 6.07) is 6.41. The van der Waals surface area contributed by atoms with Gasteiger partial charge in [0.2, 0.25) is 0 Å². The minimum Gasteiger partial charge on any atom is -0.338 e. The van der Waals surface area contributed by atoms with Gasteiger partial charge in [-0.1, -0.05) is 12.5 Å². The predicted molar refractivity (Wildman–Crippen MR) is 98.0 cm³/mol. The zero-order valence-electron chi connectivity index (χ0n) is 15.0. The van der Waals surface area contributed by atoms with Crippen molar-refractivity contribution < 1.29 is 4.79 Å². The standard InChI is InChI=1S/C20H30N4O/c25-20(22-13-17-12-15-4-5-16(17)11-15)23-18-6-9-24(10-7-18)14-19-3-1-2-8-21-19/h1-3,8,15-18H,4-7,9-14H2,(H2,22,23,25)/t15-,16-,17-/m0/s1. The second kappa shape index (κ2) is 7.73. The van der Waals surface area contributed by atoms with E-state index >= 15 is 0 Å². The van der Waals surface area contributed by atoms with Crippen molar-refractivity contribution in [2.75, 3.05) is 19.6 Å². The molecule has 2 amide bonds. The smallest absolute Gasteiger partial charge is 0.315 e. The zero-order valence-corrected chi connectivity index (χ0v) is 15.0. The second-order valence-electron chi connectivity index (χ2n) is 8.16. The van der Waals surface area contributed by atoms with Gasteiger partial charge in [0.15, 0.2) is 0 Å². The largest absolute Gasteiger partial charge is 0.338 e. The Morgan fingerprint density at radius 2 is 2.04 bits per heavy atom. The SMILES string of the molecule is O=C(NC[C@@H]1C[C@H]2CC[C@H]1C2)NC1CCN(Cc2ccccn2)CC1. The van der Waals surface area contributed by atoms with Gasteiger partial charge in [-0.2, -0.15) is 0 Å². The third-order valence-corrected chi connectivity index (χ3v) is 6.44. The topological polar surface area (TPSA) is 57.3 Å². The number of urea groups is 1. The van der Waals surface area contributed by atoms with Gasteiger partial charge < -0.3 is 10.6 Å². The van der Waals surface area contributed by atoms with Crippen molar-refractivity contribution >= 4 is 6.03 Å². The number of nitrogens with one attached hydrogen (secondary N) is 2. The van der Waals surface area contributed by atoms with Gasteiger partial charge in [0.1, 0.15) is 0 Å². The highest BCUT2D eigenvalue weighted by atomic mass is 16.2. The van der Waals surface area contributed by atoms with Crippen LogP contribution in [0, 0.1) is 17.8 Å². The number of fused-ring (bicyclic) bond motifs is 2. The molecule has 136 valence electrons. The number of pyridine rings is 1. The minimum absolute atomic E-state index is 0.0333. The lowest BCUT2D eigenvalue weighted by Crippen LogP contribution is -2.48. The molecule has 1 aromatic rings. The summed E-state index contributed by atoms with van der Waals surface area (Å²) < 4.78 is 0. The third kappa shape index (κ3) is 4.32. The Morgan fingerprint density at radius 1 is 1.16 bits per heavy atom. The number of carbonyl (C=O) groups is 1. The van der Waals surface area contributed by atoms with Gasteiger partial charge in [-0.3, -0.25) is 9.88 Å². The minimum atomic E-state index is 0.0333. The van der Waals surface area contributed by atoms with Crippen LogP contribution in [0.3, 0.4) is 0 Å². The van der Waals surface area contributed by atoms with E-state index in [1.54, 1.807) is 0 Å². The number of amides is 2. The third-order valence-electron chi connectivity index (χ3n) is 6.44. The lowest BCUT2D eigenvalue weighted by atomic mass is 9.89. The summed E-state index contributed by atoms with van der Waals surface area (Å²) in [5, 5.41) is 6.31. The van der Waals surface area contributed by atoms with E-state index in [1.807, 2.05) is 18.3 Å². The van der Waals surface area contributed by atoms with Crippen molar-refractivity contribution in [1.29, 1.82) is 0 Å². The summed E-state index contributed by atoms with van der Waals surface area (Å²) in [6.07, 6.45) is 9.43. The van der Waals surface area contributed by atoms with Gasteiger partial charge in [0, 0.05) is 38.4 Å².